The fraction of sp³-hybridized carbons (Fsp3) is 0.667. The van der Waals surface area contributed by atoms with Gasteiger partial charge in [0.1, 0.15) is 5.75 Å². The average Bonchev–Trinajstić information content (AvgIpc) is 2.68. The molecule has 0 N–H and O–H groups in total. The summed E-state index contributed by atoms with van der Waals surface area (Å²) in [6, 6.07) is 6.35. The number of nitrogens with zero attached hydrogens (tertiary/aromatic N) is 2. The van der Waals surface area contributed by atoms with E-state index in [0.717, 1.165) is 70.6 Å². The van der Waals surface area contributed by atoms with Gasteiger partial charge in [0.05, 0.1) is 25.2 Å². The summed E-state index contributed by atoms with van der Waals surface area (Å²) in [6.45, 7) is 4.36. The zero-order valence-corrected chi connectivity index (χ0v) is 16.0. The quantitative estimate of drug-likeness (QED) is 0.814. The summed E-state index contributed by atoms with van der Waals surface area (Å²) in [6.07, 6.45) is 4.87. The predicted molar refractivity (Wildman–Crippen MR) is 100 cm³/mol. The van der Waals surface area contributed by atoms with Crippen LogP contribution in [0.3, 0.4) is 0 Å². The van der Waals surface area contributed by atoms with E-state index in [1.807, 2.05) is 6.07 Å². The summed E-state index contributed by atoms with van der Waals surface area (Å²) < 4.78 is 11.7. The van der Waals surface area contributed by atoms with E-state index in [4.69, 9.17) is 9.47 Å². The number of carbonyl (C=O) groups excluding carboxylic acids is 1. The molecule has 0 bridgehead atoms. The normalized spacial score (nSPS) is 25.8. The summed E-state index contributed by atoms with van der Waals surface area (Å²) in [5.74, 6) is 1.43. The number of hydrogen-bond acceptors (Lipinski definition) is 4. The monoisotopic (exact) mass is 358 g/mol. The molecule has 3 heterocycles. The third-order valence-corrected chi connectivity index (χ3v) is 6.41. The van der Waals surface area contributed by atoms with Crippen molar-refractivity contribution in [3.05, 3.63) is 29.3 Å². The van der Waals surface area contributed by atoms with Gasteiger partial charge in [-0.25, -0.2) is 0 Å². The molecule has 3 aliphatic heterocycles. The molecule has 1 amide bonds. The molecule has 0 aromatic heterocycles. The lowest BCUT2D eigenvalue weighted by atomic mass is 9.79. The third kappa shape index (κ3) is 3.23. The van der Waals surface area contributed by atoms with E-state index >= 15 is 0 Å². The number of methoxy groups -OCH3 is 1. The second kappa shape index (κ2) is 7.20. The van der Waals surface area contributed by atoms with Crippen LogP contribution in [0.4, 0.5) is 0 Å². The number of ether oxygens (including phenoxy) is 2. The molecule has 0 saturated carbocycles. The number of likely N-dealkylation sites (tertiary alicyclic amines) is 2. The lowest BCUT2D eigenvalue weighted by Gasteiger charge is -2.46. The molecule has 5 nitrogen and oxygen atoms in total. The molecule has 1 atom stereocenters. The largest absolute Gasteiger partial charge is 0.497 e. The molecule has 1 aromatic carbocycles. The zero-order valence-electron chi connectivity index (χ0n) is 16.0. The smallest absolute Gasteiger partial charge is 0.226 e. The molecule has 1 aromatic rings. The molecule has 142 valence electrons. The van der Waals surface area contributed by atoms with Crippen molar-refractivity contribution in [3.8, 4) is 5.75 Å². The van der Waals surface area contributed by atoms with E-state index in [1.54, 1.807) is 7.11 Å². The number of rotatable bonds is 2. The highest BCUT2D eigenvalue weighted by Crippen LogP contribution is 2.42. The fourth-order valence-corrected chi connectivity index (χ4v) is 4.91. The lowest BCUT2D eigenvalue weighted by Crippen LogP contribution is -2.51. The second-order valence-electron chi connectivity index (χ2n) is 8.04. The average molecular weight is 358 g/mol. The Morgan fingerprint density at radius 2 is 2.08 bits per heavy atom. The van der Waals surface area contributed by atoms with Crippen molar-refractivity contribution in [2.45, 2.75) is 37.7 Å². The first kappa shape index (κ1) is 17.8. The minimum absolute atomic E-state index is 0.173. The molecule has 1 unspecified atom stereocenters. The van der Waals surface area contributed by atoms with Gasteiger partial charge in [-0.05, 0) is 69.0 Å². The first-order chi connectivity index (χ1) is 12.6. The van der Waals surface area contributed by atoms with Crippen molar-refractivity contribution in [1.29, 1.82) is 0 Å². The highest BCUT2D eigenvalue weighted by molar-refractivity contribution is 5.79. The summed E-state index contributed by atoms with van der Waals surface area (Å²) in [5, 5.41) is 0. The van der Waals surface area contributed by atoms with Crippen molar-refractivity contribution in [1.82, 2.24) is 9.80 Å². The molecule has 5 heteroatoms. The molecule has 2 saturated heterocycles. The third-order valence-electron chi connectivity index (χ3n) is 6.41. The Morgan fingerprint density at radius 3 is 2.81 bits per heavy atom. The van der Waals surface area contributed by atoms with Crippen LogP contribution >= 0.6 is 0 Å². The Hall–Kier alpha value is -1.59. The van der Waals surface area contributed by atoms with E-state index in [1.165, 1.54) is 11.1 Å². The molecule has 0 radical (unpaired) electrons. The first-order valence-electron chi connectivity index (χ1n) is 9.90. The first-order valence-corrected chi connectivity index (χ1v) is 9.90. The van der Waals surface area contributed by atoms with E-state index in [0.29, 0.717) is 5.91 Å². The Balaban J connectivity index is 1.46. The number of benzene rings is 1. The van der Waals surface area contributed by atoms with Crippen molar-refractivity contribution in [3.63, 3.8) is 0 Å². The predicted octanol–water partition coefficient (Wildman–Crippen LogP) is 2.43. The maximum Gasteiger partial charge on any atom is 0.226 e. The van der Waals surface area contributed by atoms with E-state index in [9.17, 15) is 4.79 Å². The van der Waals surface area contributed by atoms with Gasteiger partial charge < -0.3 is 19.3 Å². The SMILES string of the molecule is COc1ccc2c(c1)CCOC21CCN(C(=O)C2CCCN(C)C2)CC1. The summed E-state index contributed by atoms with van der Waals surface area (Å²) in [4.78, 5) is 17.3. The minimum Gasteiger partial charge on any atom is -0.497 e. The van der Waals surface area contributed by atoms with Gasteiger partial charge in [0.25, 0.3) is 0 Å². The van der Waals surface area contributed by atoms with Gasteiger partial charge >= 0.3 is 0 Å². The molecule has 0 aliphatic carbocycles. The van der Waals surface area contributed by atoms with Crippen molar-refractivity contribution < 1.29 is 14.3 Å². The Morgan fingerprint density at radius 1 is 1.27 bits per heavy atom. The van der Waals surface area contributed by atoms with Gasteiger partial charge in [0.2, 0.25) is 5.91 Å². The Labute approximate surface area is 156 Å². The lowest BCUT2D eigenvalue weighted by molar-refractivity contribution is -0.146. The Bertz CT molecular complexity index is 667. The van der Waals surface area contributed by atoms with Crippen LogP contribution in [0.25, 0.3) is 0 Å². The van der Waals surface area contributed by atoms with E-state index < -0.39 is 0 Å². The molecular formula is C21H30N2O3. The van der Waals surface area contributed by atoms with Crippen molar-refractivity contribution in [2.75, 3.05) is 46.9 Å². The summed E-state index contributed by atoms with van der Waals surface area (Å²) in [5.41, 5.74) is 2.42. The van der Waals surface area contributed by atoms with Gasteiger partial charge in [-0.15, -0.1) is 0 Å². The highest BCUT2D eigenvalue weighted by atomic mass is 16.5. The van der Waals surface area contributed by atoms with Crippen LogP contribution < -0.4 is 4.74 Å². The molecular weight excluding hydrogens is 328 g/mol. The number of amides is 1. The number of piperidine rings is 2. The maximum atomic E-state index is 12.9. The minimum atomic E-state index is -0.222. The van der Waals surface area contributed by atoms with Gasteiger partial charge in [-0.2, -0.15) is 0 Å². The van der Waals surface area contributed by atoms with E-state index in [2.05, 4.69) is 29.0 Å². The van der Waals surface area contributed by atoms with Crippen LogP contribution in [0.2, 0.25) is 0 Å². The standard InChI is InChI=1S/C21H30N2O3/c1-22-10-3-4-17(15-22)20(24)23-11-8-21(9-12-23)19-6-5-18(25-2)14-16(19)7-13-26-21/h5-6,14,17H,3-4,7-13,15H2,1-2H3. The molecule has 4 rings (SSSR count). The van der Waals surface area contributed by atoms with Crippen molar-refractivity contribution in [2.24, 2.45) is 5.92 Å². The van der Waals surface area contributed by atoms with Gasteiger partial charge in [0, 0.05) is 19.6 Å². The Kier molecular flexibility index (Phi) is 4.93. The van der Waals surface area contributed by atoms with Crippen LogP contribution in [0, 0.1) is 5.92 Å². The number of hydrogen-bond donors (Lipinski definition) is 0. The molecule has 1 spiro atoms. The number of fused-ring (bicyclic) bond motifs is 2. The van der Waals surface area contributed by atoms with Crippen molar-refractivity contribution >= 4 is 5.91 Å². The zero-order chi connectivity index (χ0) is 18.1. The van der Waals surface area contributed by atoms with Gasteiger partial charge in [0.15, 0.2) is 0 Å². The summed E-state index contributed by atoms with van der Waals surface area (Å²) >= 11 is 0. The molecule has 2 fully saturated rings. The van der Waals surface area contributed by atoms with Crippen LogP contribution in [0.5, 0.6) is 5.75 Å². The van der Waals surface area contributed by atoms with Crippen LogP contribution in [-0.2, 0) is 21.6 Å². The van der Waals surface area contributed by atoms with Gasteiger partial charge in [-0.3, -0.25) is 4.79 Å². The van der Waals surface area contributed by atoms with E-state index in [-0.39, 0.29) is 11.5 Å². The van der Waals surface area contributed by atoms with Crippen LogP contribution in [0.15, 0.2) is 18.2 Å². The number of carbonyl (C=O) groups is 1. The van der Waals surface area contributed by atoms with Gasteiger partial charge in [-0.1, -0.05) is 6.07 Å². The fourth-order valence-electron chi connectivity index (χ4n) is 4.91. The molecule has 26 heavy (non-hydrogen) atoms. The molecule has 3 aliphatic rings. The second-order valence-corrected chi connectivity index (χ2v) is 8.04. The topological polar surface area (TPSA) is 42.0 Å². The highest BCUT2D eigenvalue weighted by Gasteiger charge is 2.42. The summed E-state index contributed by atoms with van der Waals surface area (Å²) in [7, 11) is 3.83. The van der Waals surface area contributed by atoms with Crippen LogP contribution in [-0.4, -0.2) is 62.7 Å². The van der Waals surface area contributed by atoms with Crippen LogP contribution in [0.1, 0.15) is 36.8 Å². The maximum absolute atomic E-state index is 12.9.